The van der Waals surface area contributed by atoms with Crippen LogP contribution in [0, 0.1) is 0 Å². The standard InChI is InChI=1S/C28H43N5O4/c1-30(2)28(22-9-5-4-6-10-22)15-13-27(14-16-28)21-31(26(36)33(27)18-8-20-37-3)19-12-24(34)32-17-7-11-23(32)25(29)35/h4-6,9-10,23H,7-8,11-21H2,1-3H3,(H2,29,35)/t23?,27-,28+. The van der Waals surface area contributed by atoms with Gasteiger partial charge in [0.2, 0.25) is 11.8 Å². The van der Waals surface area contributed by atoms with Gasteiger partial charge in [0.1, 0.15) is 6.04 Å². The topological polar surface area (TPSA) is 99.4 Å². The lowest BCUT2D eigenvalue weighted by atomic mass is 9.68. The number of likely N-dealkylation sites (tertiary alicyclic amines) is 1. The van der Waals surface area contributed by atoms with Crippen LogP contribution in [0.2, 0.25) is 0 Å². The van der Waals surface area contributed by atoms with Gasteiger partial charge >= 0.3 is 6.03 Å². The third kappa shape index (κ3) is 5.34. The van der Waals surface area contributed by atoms with Gasteiger partial charge in [-0.2, -0.15) is 0 Å². The van der Waals surface area contributed by atoms with E-state index in [0.29, 0.717) is 39.2 Å². The molecule has 1 saturated carbocycles. The summed E-state index contributed by atoms with van der Waals surface area (Å²) in [6, 6.07) is 10.2. The number of methoxy groups -OCH3 is 1. The molecule has 37 heavy (non-hydrogen) atoms. The summed E-state index contributed by atoms with van der Waals surface area (Å²) >= 11 is 0. The van der Waals surface area contributed by atoms with Crippen molar-refractivity contribution in [2.75, 3.05) is 54.0 Å². The number of hydrogen-bond acceptors (Lipinski definition) is 5. The van der Waals surface area contributed by atoms with Gasteiger partial charge in [0.25, 0.3) is 0 Å². The van der Waals surface area contributed by atoms with Gasteiger partial charge in [-0.05, 0) is 64.6 Å². The first kappa shape index (κ1) is 27.4. The second kappa shape index (κ2) is 11.4. The molecule has 204 valence electrons. The minimum atomic E-state index is -0.519. The molecule has 2 saturated heterocycles. The van der Waals surface area contributed by atoms with E-state index in [1.807, 2.05) is 4.90 Å². The summed E-state index contributed by atoms with van der Waals surface area (Å²) in [6.07, 6.45) is 6.12. The second-order valence-electron chi connectivity index (χ2n) is 11.1. The van der Waals surface area contributed by atoms with Crippen LogP contribution in [0.4, 0.5) is 4.79 Å². The maximum absolute atomic E-state index is 13.6. The fourth-order valence-corrected chi connectivity index (χ4v) is 6.79. The van der Waals surface area contributed by atoms with E-state index in [9.17, 15) is 14.4 Å². The van der Waals surface area contributed by atoms with Gasteiger partial charge in [-0.25, -0.2) is 4.79 Å². The Morgan fingerprint density at radius 2 is 1.81 bits per heavy atom. The van der Waals surface area contributed by atoms with Crippen LogP contribution < -0.4 is 5.73 Å². The van der Waals surface area contributed by atoms with Gasteiger partial charge in [-0.3, -0.25) is 14.5 Å². The van der Waals surface area contributed by atoms with Crippen LogP contribution in [-0.2, 0) is 19.9 Å². The van der Waals surface area contributed by atoms with E-state index in [1.54, 1.807) is 12.0 Å². The second-order valence-corrected chi connectivity index (χ2v) is 11.1. The Morgan fingerprint density at radius 3 is 2.43 bits per heavy atom. The number of rotatable bonds is 10. The fraction of sp³-hybridized carbons (Fsp3) is 0.679. The Kier molecular flexibility index (Phi) is 8.43. The lowest BCUT2D eigenvalue weighted by Gasteiger charge is -2.51. The van der Waals surface area contributed by atoms with Gasteiger partial charge < -0.3 is 25.2 Å². The van der Waals surface area contributed by atoms with Gasteiger partial charge in [-0.15, -0.1) is 0 Å². The van der Waals surface area contributed by atoms with E-state index >= 15 is 0 Å². The number of amides is 4. The number of hydrogen-bond donors (Lipinski definition) is 1. The zero-order valence-corrected chi connectivity index (χ0v) is 22.7. The molecular formula is C28H43N5O4. The summed E-state index contributed by atoms with van der Waals surface area (Å²) < 4.78 is 5.28. The lowest BCUT2D eigenvalue weighted by Crippen LogP contribution is -2.55. The van der Waals surface area contributed by atoms with Crippen molar-refractivity contribution in [2.24, 2.45) is 5.73 Å². The van der Waals surface area contributed by atoms with E-state index in [-0.39, 0.29) is 29.4 Å². The molecule has 3 aliphatic rings. The molecule has 2 N–H and O–H groups in total. The van der Waals surface area contributed by atoms with E-state index < -0.39 is 11.9 Å². The maximum atomic E-state index is 13.6. The smallest absolute Gasteiger partial charge is 0.320 e. The quantitative estimate of drug-likeness (QED) is 0.485. The number of ether oxygens (including phenoxy) is 1. The minimum Gasteiger partial charge on any atom is -0.385 e. The van der Waals surface area contributed by atoms with Crippen molar-refractivity contribution < 1.29 is 19.1 Å². The molecule has 9 heteroatoms. The van der Waals surface area contributed by atoms with Gasteiger partial charge in [0.15, 0.2) is 0 Å². The molecule has 1 spiro atoms. The Bertz CT molecular complexity index is 961. The highest BCUT2D eigenvalue weighted by molar-refractivity contribution is 5.87. The zero-order valence-electron chi connectivity index (χ0n) is 22.7. The van der Waals surface area contributed by atoms with Crippen LogP contribution in [-0.4, -0.2) is 103 Å². The van der Waals surface area contributed by atoms with Crippen LogP contribution >= 0.6 is 0 Å². The normalized spacial score (nSPS) is 28.1. The molecule has 4 rings (SSSR count). The highest BCUT2D eigenvalue weighted by Crippen LogP contribution is 2.49. The highest BCUT2D eigenvalue weighted by Gasteiger charge is 2.54. The Labute approximate surface area is 220 Å². The van der Waals surface area contributed by atoms with Crippen LogP contribution in [0.25, 0.3) is 0 Å². The third-order valence-corrected chi connectivity index (χ3v) is 8.96. The summed E-state index contributed by atoms with van der Waals surface area (Å²) in [4.78, 5) is 46.2. The molecule has 1 unspecified atom stereocenters. The van der Waals surface area contributed by atoms with E-state index in [1.165, 1.54) is 5.56 Å². The largest absolute Gasteiger partial charge is 0.385 e. The molecule has 2 aliphatic heterocycles. The number of nitrogens with two attached hydrogens (primary N) is 1. The molecule has 0 aromatic heterocycles. The monoisotopic (exact) mass is 513 g/mol. The van der Waals surface area contributed by atoms with Crippen LogP contribution in [0.15, 0.2) is 30.3 Å². The van der Waals surface area contributed by atoms with Crippen molar-refractivity contribution in [3.8, 4) is 0 Å². The average Bonchev–Trinajstić information content (AvgIpc) is 3.48. The maximum Gasteiger partial charge on any atom is 0.320 e. The number of nitrogens with zero attached hydrogens (tertiary/aromatic N) is 4. The predicted molar refractivity (Wildman–Crippen MR) is 142 cm³/mol. The van der Waals surface area contributed by atoms with Gasteiger partial charge in [0.05, 0.1) is 5.54 Å². The van der Waals surface area contributed by atoms with E-state index in [0.717, 1.165) is 38.5 Å². The average molecular weight is 514 g/mol. The summed E-state index contributed by atoms with van der Waals surface area (Å²) in [7, 11) is 5.98. The molecule has 9 nitrogen and oxygen atoms in total. The summed E-state index contributed by atoms with van der Waals surface area (Å²) in [5.74, 6) is -0.545. The molecule has 1 aromatic rings. The van der Waals surface area contributed by atoms with Crippen LogP contribution in [0.5, 0.6) is 0 Å². The molecule has 4 amide bonds. The lowest BCUT2D eigenvalue weighted by molar-refractivity contribution is -0.137. The molecule has 2 heterocycles. The summed E-state index contributed by atoms with van der Waals surface area (Å²) in [5.41, 5.74) is 6.52. The number of carbonyl (C=O) groups is 3. The third-order valence-electron chi connectivity index (χ3n) is 8.96. The highest BCUT2D eigenvalue weighted by atomic mass is 16.5. The van der Waals surface area contributed by atoms with Crippen LogP contribution in [0.1, 0.15) is 56.9 Å². The van der Waals surface area contributed by atoms with Crippen molar-refractivity contribution in [1.29, 1.82) is 0 Å². The minimum absolute atomic E-state index is 0.00819. The number of carbonyl (C=O) groups excluding carboxylic acids is 3. The summed E-state index contributed by atoms with van der Waals surface area (Å²) in [5, 5.41) is 0. The molecule has 3 fully saturated rings. The number of benzene rings is 1. The van der Waals surface area contributed by atoms with Crippen molar-refractivity contribution in [2.45, 2.75) is 68.5 Å². The van der Waals surface area contributed by atoms with Gasteiger partial charge in [-0.1, -0.05) is 30.3 Å². The number of urea groups is 1. The van der Waals surface area contributed by atoms with E-state index in [4.69, 9.17) is 10.5 Å². The molecule has 1 aliphatic carbocycles. The van der Waals surface area contributed by atoms with Gasteiger partial charge in [0, 0.05) is 51.9 Å². The zero-order chi connectivity index (χ0) is 26.6. The fourth-order valence-electron chi connectivity index (χ4n) is 6.79. The first-order chi connectivity index (χ1) is 17.7. The first-order valence-corrected chi connectivity index (χ1v) is 13.6. The first-order valence-electron chi connectivity index (χ1n) is 13.6. The Hall–Kier alpha value is -2.65. The van der Waals surface area contributed by atoms with Crippen LogP contribution in [0.3, 0.4) is 0 Å². The van der Waals surface area contributed by atoms with Crippen molar-refractivity contribution in [3.05, 3.63) is 35.9 Å². The Morgan fingerprint density at radius 1 is 1.11 bits per heavy atom. The molecule has 1 aromatic carbocycles. The predicted octanol–water partition coefficient (Wildman–Crippen LogP) is 2.40. The molecule has 1 atom stereocenters. The molecule has 0 radical (unpaired) electrons. The van der Waals surface area contributed by atoms with Crippen molar-refractivity contribution in [1.82, 2.24) is 19.6 Å². The molecular weight excluding hydrogens is 470 g/mol. The van der Waals surface area contributed by atoms with Crippen molar-refractivity contribution in [3.63, 3.8) is 0 Å². The Balaban J connectivity index is 1.48. The van der Waals surface area contributed by atoms with Crippen molar-refractivity contribution >= 4 is 17.8 Å². The SMILES string of the molecule is COCCCN1C(=O)N(CCC(=O)N2CCCC2C(N)=O)C[C@]12CC[C@](c1ccccc1)(N(C)C)CC2. The number of primary amides is 1. The molecule has 0 bridgehead atoms. The van der Waals surface area contributed by atoms with E-state index in [2.05, 4.69) is 54.2 Å². The summed E-state index contributed by atoms with van der Waals surface area (Å²) in [6.45, 7) is 2.80.